The van der Waals surface area contributed by atoms with Gasteiger partial charge in [0.2, 0.25) is 0 Å². The van der Waals surface area contributed by atoms with Gasteiger partial charge in [-0.3, -0.25) is 9.63 Å². The minimum absolute atomic E-state index is 0.0156. The average molecular weight is 190 g/mol. The molecule has 0 spiro atoms. The molecule has 0 unspecified atom stereocenters. The Labute approximate surface area is 73.9 Å². The van der Waals surface area contributed by atoms with Crippen LogP contribution in [0.1, 0.15) is 0 Å². The summed E-state index contributed by atoms with van der Waals surface area (Å²) in [6.07, 6.45) is 1.26. The predicted molar refractivity (Wildman–Crippen MR) is 45.3 cm³/mol. The molecule has 0 bridgehead atoms. The Hall–Kier alpha value is -1.07. The maximum Gasteiger partial charge on any atom is 0.271 e. The Balaban J connectivity index is 3.16. The van der Waals surface area contributed by atoms with Crippen molar-refractivity contribution in [3.63, 3.8) is 0 Å². The second kappa shape index (κ2) is 3.55. The molecule has 0 saturated heterocycles. The monoisotopic (exact) mass is 189 g/mol. The van der Waals surface area contributed by atoms with Gasteiger partial charge in [-0.25, -0.2) is 10.0 Å². The van der Waals surface area contributed by atoms with Crippen molar-refractivity contribution >= 4 is 17.4 Å². The van der Waals surface area contributed by atoms with Crippen molar-refractivity contribution < 1.29 is 4.84 Å². The molecule has 0 amide bonds. The Morgan fingerprint density at radius 3 is 3.00 bits per heavy atom. The predicted octanol–water partition coefficient (Wildman–Crippen LogP) is 0.421. The van der Waals surface area contributed by atoms with Crippen LogP contribution in [0.15, 0.2) is 11.1 Å². The summed E-state index contributed by atoms with van der Waals surface area (Å²) >= 11 is 5.64. The number of aromatic nitrogens is 2. The third-order valence-electron chi connectivity index (χ3n) is 1.35. The molecule has 0 atom stereocenters. The highest BCUT2D eigenvalue weighted by molar-refractivity contribution is 6.32. The normalized spacial score (nSPS) is 9.92. The number of nitrogens with zero attached hydrogens (tertiary/aromatic N) is 2. The van der Waals surface area contributed by atoms with Crippen molar-refractivity contribution in [1.82, 2.24) is 9.97 Å². The van der Waals surface area contributed by atoms with Crippen molar-refractivity contribution in [3.8, 4) is 0 Å². The molecule has 1 rings (SSSR count). The molecule has 1 aromatic rings. The molecule has 0 fully saturated rings. The fourth-order valence-electron chi connectivity index (χ4n) is 0.680. The summed E-state index contributed by atoms with van der Waals surface area (Å²) in [6.45, 7) is 0. The fourth-order valence-corrected chi connectivity index (χ4v) is 0.902. The lowest BCUT2D eigenvalue weighted by Crippen LogP contribution is -2.20. The van der Waals surface area contributed by atoms with E-state index in [4.69, 9.17) is 16.4 Å². The van der Waals surface area contributed by atoms with Gasteiger partial charge in [0, 0.05) is 7.05 Å². The van der Waals surface area contributed by atoms with Crippen molar-refractivity contribution in [1.29, 1.82) is 0 Å². The number of hydrogen-bond donors (Lipinski definition) is 1. The van der Waals surface area contributed by atoms with E-state index in [9.17, 15) is 4.79 Å². The largest absolute Gasteiger partial charge is 0.312 e. The van der Waals surface area contributed by atoms with Crippen LogP contribution in [0.2, 0.25) is 5.02 Å². The van der Waals surface area contributed by atoms with Crippen LogP contribution in [0.5, 0.6) is 0 Å². The molecule has 0 aromatic carbocycles. The van der Waals surface area contributed by atoms with E-state index in [1.807, 2.05) is 0 Å². The molecular formula is C6H8ClN3O2. The van der Waals surface area contributed by atoms with Gasteiger partial charge in [-0.2, -0.15) is 0 Å². The Kier molecular flexibility index (Phi) is 2.67. The van der Waals surface area contributed by atoms with E-state index in [1.165, 1.54) is 18.5 Å². The fraction of sp³-hybridized carbons (Fsp3) is 0.333. The van der Waals surface area contributed by atoms with E-state index >= 15 is 0 Å². The van der Waals surface area contributed by atoms with E-state index in [1.54, 1.807) is 7.05 Å². The standard InChI is InChI=1S/C6H8ClN3O2/c1-10(12-2)5-4(7)6(11)9-3-8-5/h3H,1-2H3,(H,8,9,11). The Morgan fingerprint density at radius 1 is 1.75 bits per heavy atom. The van der Waals surface area contributed by atoms with Crippen LogP contribution in [0.3, 0.4) is 0 Å². The van der Waals surface area contributed by atoms with E-state index in [-0.39, 0.29) is 10.6 Å². The topological polar surface area (TPSA) is 58.2 Å². The lowest BCUT2D eigenvalue weighted by Gasteiger charge is -2.14. The zero-order valence-corrected chi connectivity index (χ0v) is 7.42. The summed E-state index contributed by atoms with van der Waals surface area (Å²) in [4.78, 5) is 21.9. The van der Waals surface area contributed by atoms with Gasteiger partial charge >= 0.3 is 0 Å². The zero-order chi connectivity index (χ0) is 9.14. The number of anilines is 1. The van der Waals surface area contributed by atoms with Crippen LogP contribution in [0, 0.1) is 0 Å². The molecule has 0 aliphatic rings. The molecule has 0 aliphatic heterocycles. The van der Waals surface area contributed by atoms with E-state index in [2.05, 4.69) is 9.97 Å². The maximum atomic E-state index is 11.0. The van der Waals surface area contributed by atoms with Crippen molar-refractivity contribution in [2.24, 2.45) is 0 Å². The lowest BCUT2D eigenvalue weighted by molar-refractivity contribution is 0.182. The number of H-pyrrole nitrogens is 1. The SMILES string of the molecule is CON(C)c1nc[nH]c(=O)c1Cl. The molecule has 0 aliphatic carbocycles. The molecule has 1 heterocycles. The molecule has 66 valence electrons. The smallest absolute Gasteiger partial charge is 0.271 e. The summed E-state index contributed by atoms with van der Waals surface area (Å²) < 4.78 is 0. The maximum absolute atomic E-state index is 11.0. The summed E-state index contributed by atoms with van der Waals surface area (Å²) in [6, 6.07) is 0. The lowest BCUT2D eigenvalue weighted by atomic mass is 10.5. The molecule has 5 nitrogen and oxygen atoms in total. The quantitative estimate of drug-likeness (QED) is 0.686. The molecule has 0 radical (unpaired) electrons. The third kappa shape index (κ3) is 1.57. The van der Waals surface area contributed by atoms with Crippen LogP contribution in [-0.2, 0) is 4.84 Å². The second-order valence-corrected chi connectivity index (χ2v) is 2.43. The Bertz CT molecular complexity index is 325. The second-order valence-electron chi connectivity index (χ2n) is 2.05. The molecule has 1 N–H and O–H groups in total. The summed E-state index contributed by atoms with van der Waals surface area (Å²) in [7, 11) is 3.06. The van der Waals surface area contributed by atoms with E-state index < -0.39 is 0 Å². The van der Waals surface area contributed by atoms with Gasteiger partial charge in [0.05, 0.1) is 13.4 Å². The molecule has 0 saturated carbocycles. The van der Waals surface area contributed by atoms with Crippen molar-refractivity contribution in [2.75, 3.05) is 19.2 Å². The Morgan fingerprint density at radius 2 is 2.42 bits per heavy atom. The summed E-state index contributed by atoms with van der Waals surface area (Å²) in [5.41, 5.74) is -0.384. The first-order valence-electron chi connectivity index (χ1n) is 3.18. The molecule has 6 heteroatoms. The van der Waals surface area contributed by atoms with Crippen LogP contribution in [-0.4, -0.2) is 24.1 Å². The number of rotatable bonds is 2. The van der Waals surface area contributed by atoms with Crippen LogP contribution in [0.25, 0.3) is 0 Å². The van der Waals surface area contributed by atoms with Gasteiger partial charge < -0.3 is 4.98 Å². The first-order valence-corrected chi connectivity index (χ1v) is 3.55. The number of aromatic amines is 1. The number of hydrogen-bond acceptors (Lipinski definition) is 4. The van der Waals surface area contributed by atoms with E-state index in [0.29, 0.717) is 5.82 Å². The van der Waals surface area contributed by atoms with Gasteiger partial charge in [-0.05, 0) is 0 Å². The van der Waals surface area contributed by atoms with Crippen LogP contribution in [0.4, 0.5) is 5.82 Å². The molecule has 1 aromatic heterocycles. The minimum Gasteiger partial charge on any atom is -0.312 e. The highest BCUT2D eigenvalue weighted by Crippen LogP contribution is 2.15. The van der Waals surface area contributed by atoms with Crippen molar-refractivity contribution in [3.05, 3.63) is 21.7 Å². The van der Waals surface area contributed by atoms with Crippen molar-refractivity contribution in [2.45, 2.75) is 0 Å². The summed E-state index contributed by atoms with van der Waals surface area (Å²) in [5.74, 6) is 0.294. The van der Waals surface area contributed by atoms with Crippen LogP contribution >= 0.6 is 11.6 Å². The van der Waals surface area contributed by atoms with Gasteiger partial charge in [0.25, 0.3) is 5.56 Å². The molecule has 12 heavy (non-hydrogen) atoms. The van der Waals surface area contributed by atoms with Gasteiger partial charge in [-0.1, -0.05) is 11.6 Å². The molecular weight excluding hydrogens is 182 g/mol. The van der Waals surface area contributed by atoms with Gasteiger partial charge in [0.15, 0.2) is 10.8 Å². The highest BCUT2D eigenvalue weighted by atomic mass is 35.5. The minimum atomic E-state index is -0.384. The third-order valence-corrected chi connectivity index (χ3v) is 1.69. The first kappa shape index (κ1) is 9.02. The van der Waals surface area contributed by atoms with Crippen LogP contribution < -0.4 is 10.6 Å². The first-order chi connectivity index (χ1) is 5.66. The number of nitrogens with one attached hydrogen (secondary N) is 1. The summed E-state index contributed by atoms with van der Waals surface area (Å²) in [5, 5.41) is 1.32. The highest BCUT2D eigenvalue weighted by Gasteiger charge is 2.09. The van der Waals surface area contributed by atoms with E-state index in [0.717, 1.165) is 0 Å². The van der Waals surface area contributed by atoms with Gasteiger partial charge in [-0.15, -0.1) is 0 Å². The average Bonchev–Trinajstić information content (AvgIpc) is 2.08. The number of halogens is 1. The zero-order valence-electron chi connectivity index (χ0n) is 6.67. The number of hydroxylamine groups is 1. The van der Waals surface area contributed by atoms with Gasteiger partial charge in [0.1, 0.15) is 0 Å².